The first-order valence-corrected chi connectivity index (χ1v) is 16.7. The summed E-state index contributed by atoms with van der Waals surface area (Å²) in [5.41, 5.74) is 6.24. The fraction of sp³-hybridized carbons (Fsp3) is 0.125. The molecule has 3 heterocycles. The molecule has 0 radical (unpaired) electrons. The summed E-state index contributed by atoms with van der Waals surface area (Å²) >= 11 is 10.3. The number of aromatic nitrogens is 1. The molecule has 7 rings (SSSR count). The molecule has 1 atom stereocenters. The summed E-state index contributed by atoms with van der Waals surface area (Å²) in [7, 11) is 0. The lowest BCUT2D eigenvalue weighted by molar-refractivity contribution is -0.384. The molecule has 1 aliphatic carbocycles. The van der Waals surface area contributed by atoms with Crippen LogP contribution in [0.15, 0.2) is 102 Å². The molecule has 0 spiro atoms. The first-order valence-electron chi connectivity index (χ1n) is 13.4. The van der Waals surface area contributed by atoms with Gasteiger partial charge in [-0.05, 0) is 109 Å². The second kappa shape index (κ2) is 11.5. The number of hydrogen-bond donors (Lipinski definition) is 0. The maximum atomic E-state index is 14.0. The van der Waals surface area contributed by atoms with Crippen LogP contribution in [0.25, 0.3) is 11.8 Å². The molecule has 43 heavy (non-hydrogen) atoms. The van der Waals surface area contributed by atoms with Gasteiger partial charge in [-0.3, -0.25) is 19.5 Å². The van der Waals surface area contributed by atoms with E-state index < -0.39 is 4.92 Å². The smallest absolute Gasteiger partial charge is 0.271 e. The highest BCUT2D eigenvalue weighted by Crippen LogP contribution is 2.42. The van der Waals surface area contributed by atoms with Crippen LogP contribution in [0.1, 0.15) is 39.6 Å². The minimum Gasteiger partial charge on any atom is -0.487 e. The molecule has 11 heteroatoms. The number of allylic oxidation sites excluding steroid dienone is 1. The predicted octanol–water partition coefficient (Wildman–Crippen LogP) is 7.39. The second-order valence-corrected chi connectivity index (χ2v) is 13.9. The number of aryl methyl sites for hydroxylation is 1. The molecule has 0 fully saturated rings. The van der Waals surface area contributed by atoms with E-state index in [1.807, 2.05) is 28.8 Å². The highest BCUT2D eigenvalue weighted by molar-refractivity contribution is 9.11. The normalized spacial score (nSPS) is 15.9. The van der Waals surface area contributed by atoms with Gasteiger partial charge in [-0.15, -0.1) is 11.3 Å². The molecule has 2 aliphatic rings. The van der Waals surface area contributed by atoms with E-state index in [-0.39, 0.29) is 23.9 Å². The van der Waals surface area contributed by atoms with Crippen molar-refractivity contribution in [3.05, 3.63) is 150 Å². The quantitative estimate of drug-likeness (QED) is 0.135. The summed E-state index contributed by atoms with van der Waals surface area (Å²) in [6, 6.07) is 22.5. The van der Waals surface area contributed by atoms with Crippen molar-refractivity contribution in [2.45, 2.75) is 25.5 Å². The fourth-order valence-electron chi connectivity index (χ4n) is 5.54. The highest BCUT2D eigenvalue weighted by atomic mass is 79.9. The monoisotopic (exact) mass is 733 g/mol. The fourth-order valence-corrected chi connectivity index (χ4v) is 8.84. The lowest BCUT2D eigenvalue weighted by atomic mass is 9.85. The maximum absolute atomic E-state index is 14.0. The Morgan fingerprint density at radius 3 is 2.53 bits per heavy atom. The van der Waals surface area contributed by atoms with Crippen molar-refractivity contribution in [3.63, 3.8) is 0 Å². The molecule has 0 bridgehead atoms. The van der Waals surface area contributed by atoms with Crippen LogP contribution in [0.3, 0.4) is 0 Å². The number of thiazole rings is 1. The summed E-state index contributed by atoms with van der Waals surface area (Å²) < 4.78 is 9.92. The van der Waals surface area contributed by atoms with E-state index >= 15 is 0 Å². The summed E-state index contributed by atoms with van der Waals surface area (Å²) in [5, 5.41) is 13.0. The number of non-ortho nitro benzene ring substituents is 1. The number of nitro groups is 1. The first kappa shape index (κ1) is 28.1. The lowest BCUT2D eigenvalue weighted by Crippen LogP contribution is -2.38. The van der Waals surface area contributed by atoms with Crippen LogP contribution >= 0.6 is 54.5 Å². The van der Waals surface area contributed by atoms with Crippen molar-refractivity contribution in [1.29, 1.82) is 0 Å². The van der Waals surface area contributed by atoms with Gasteiger partial charge in [0.05, 0.1) is 30.1 Å². The number of thiophene rings is 1. The van der Waals surface area contributed by atoms with Crippen LogP contribution in [0, 0.1) is 10.1 Å². The first-order chi connectivity index (χ1) is 20.9. The molecule has 1 aliphatic heterocycles. The van der Waals surface area contributed by atoms with E-state index in [4.69, 9.17) is 9.73 Å². The molecule has 0 N–H and O–H groups in total. The van der Waals surface area contributed by atoms with Crippen molar-refractivity contribution >= 4 is 72.0 Å². The topological polar surface area (TPSA) is 86.7 Å². The summed E-state index contributed by atoms with van der Waals surface area (Å²) in [6.07, 6.45) is 3.68. The van der Waals surface area contributed by atoms with Crippen LogP contribution in [0.4, 0.5) is 5.69 Å². The highest BCUT2D eigenvalue weighted by Gasteiger charge is 2.33. The molecule has 0 amide bonds. The zero-order valence-corrected chi connectivity index (χ0v) is 27.1. The Morgan fingerprint density at radius 1 is 1.05 bits per heavy atom. The Kier molecular flexibility index (Phi) is 7.50. The molecular weight excluding hydrogens is 714 g/mol. The van der Waals surface area contributed by atoms with E-state index in [1.54, 1.807) is 23.5 Å². The largest absolute Gasteiger partial charge is 0.487 e. The maximum Gasteiger partial charge on any atom is 0.271 e. The van der Waals surface area contributed by atoms with Crippen LogP contribution in [0.2, 0.25) is 0 Å². The van der Waals surface area contributed by atoms with Gasteiger partial charge in [0.2, 0.25) is 0 Å². The van der Waals surface area contributed by atoms with Gasteiger partial charge in [0.15, 0.2) is 4.80 Å². The van der Waals surface area contributed by atoms with Gasteiger partial charge in [-0.25, -0.2) is 4.99 Å². The Bertz CT molecular complexity index is 2090. The zero-order chi connectivity index (χ0) is 29.7. The third-order valence-corrected chi connectivity index (χ3v) is 10.6. The van der Waals surface area contributed by atoms with Gasteiger partial charge in [-0.1, -0.05) is 41.7 Å². The van der Waals surface area contributed by atoms with Crippen LogP contribution in [-0.2, 0) is 13.0 Å². The molecular formula is C32H21Br2N3O4S2. The molecule has 0 saturated heterocycles. The van der Waals surface area contributed by atoms with Crippen LogP contribution < -0.4 is 19.6 Å². The van der Waals surface area contributed by atoms with Gasteiger partial charge in [0.25, 0.3) is 11.2 Å². The van der Waals surface area contributed by atoms with Gasteiger partial charge < -0.3 is 4.74 Å². The summed E-state index contributed by atoms with van der Waals surface area (Å²) in [4.78, 5) is 31.4. The molecule has 1 unspecified atom stereocenters. The van der Waals surface area contributed by atoms with E-state index in [1.165, 1.54) is 34.6 Å². The zero-order valence-electron chi connectivity index (χ0n) is 22.3. The third kappa shape index (κ3) is 5.24. The van der Waals surface area contributed by atoms with Crippen LogP contribution in [0.5, 0.6) is 5.75 Å². The van der Waals surface area contributed by atoms with Gasteiger partial charge >= 0.3 is 0 Å². The predicted molar refractivity (Wildman–Crippen MR) is 176 cm³/mol. The SMILES string of the molecule is O=c1/c(=C/c2cc(Br)c(OCc3ccc([N+](=O)[O-])cc3)c(Br)c2)sc2n1C(c1cccs1)C1=C(N=2)c2ccccc2CC1. The Hall–Kier alpha value is -3.64. The van der Waals surface area contributed by atoms with Gasteiger partial charge in [0, 0.05) is 22.6 Å². The molecule has 3 aromatic carbocycles. The van der Waals surface area contributed by atoms with Gasteiger partial charge in [0.1, 0.15) is 12.4 Å². The minimum atomic E-state index is -0.428. The van der Waals surface area contributed by atoms with Crippen LogP contribution in [-0.4, -0.2) is 9.49 Å². The number of nitrogens with zero attached hydrogens (tertiary/aromatic N) is 3. The average molecular weight is 735 g/mol. The number of ether oxygens (including phenoxy) is 1. The van der Waals surface area contributed by atoms with E-state index in [9.17, 15) is 14.9 Å². The Morgan fingerprint density at radius 2 is 1.81 bits per heavy atom. The second-order valence-electron chi connectivity index (χ2n) is 10.2. The van der Waals surface area contributed by atoms with Crippen molar-refractivity contribution < 1.29 is 9.66 Å². The molecule has 0 saturated carbocycles. The van der Waals surface area contributed by atoms with E-state index in [0.29, 0.717) is 24.0 Å². The molecule has 5 aromatic rings. The Balaban J connectivity index is 1.25. The van der Waals surface area contributed by atoms with E-state index in [2.05, 4.69) is 67.6 Å². The minimum absolute atomic E-state index is 0.0347. The van der Waals surface area contributed by atoms with Crippen molar-refractivity contribution in [2.75, 3.05) is 0 Å². The number of benzene rings is 3. The molecule has 7 nitrogen and oxygen atoms in total. The number of hydrogen-bond acceptors (Lipinski definition) is 7. The van der Waals surface area contributed by atoms with E-state index in [0.717, 1.165) is 40.1 Å². The van der Waals surface area contributed by atoms with Crippen molar-refractivity contribution in [2.24, 2.45) is 4.99 Å². The van der Waals surface area contributed by atoms with Crippen molar-refractivity contribution in [1.82, 2.24) is 4.57 Å². The number of halogens is 2. The molecule has 214 valence electrons. The number of nitro benzene ring substituents is 1. The average Bonchev–Trinajstić information content (AvgIpc) is 3.64. The van der Waals surface area contributed by atoms with Crippen molar-refractivity contribution in [3.8, 4) is 5.75 Å². The standard InChI is InChI=1S/C32H21Br2N3O4S2/c33-24-14-19(15-25(34)30(24)41-17-18-7-10-21(11-8-18)37(39)40)16-27-31(38)36-29(26-6-3-13-42-26)23-12-9-20-4-1-2-5-22(20)28(23)35-32(36)43-27/h1-8,10-11,13-16,29H,9,12,17H2/b27-16-. The lowest BCUT2D eigenvalue weighted by Gasteiger charge is -2.30. The molecule has 2 aromatic heterocycles. The Labute approximate surface area is 270 Å². The van der Waals surface area contributed by atoms with Gasteiger partial charge in [-0.2, -0.15) is 0 Å². The number of rotatable bonds is 6. The third-order valence-electron chi connectivity index (χ3n) is 7.53. The summed E-state index contributed by atoms with van der Waals surface area (Å²) in [6.45, 7) is 0.240. The summed E-state index contributed by atoms with van der Waals surface area (Å²) in [5.74, 6) is 0.598. The number of fused-ring (bicyclic) bond motifs is 3.